The zero-order chi connectivity index (χ0) is 12.9. The van der Waals surface area contributed by atoms with Crippen LogP contribution in [-0.4, -0.2) is 37.1 Å². The fraction of sp³-hybridized carbons (Fsp3) is 0.889. The molecule has 0 aliphatic heterocycles. The van der Waals surface area contributed by atoms with Crippen LogP contribution in [-0.2, 0) is 18.4 Å². The Bertz CT molecular complexity index is 273. The van der Waals surface area contributed by atoms with Gasteiger partial charge in [0.15, 0.2) is 5.78 Å². The van der Waals surface area contributed by atoms with Crippen molar-refractivity contribution in [2.45, 2.75) is 32.7 Å². The molecular weight excluding hydrogens is 233 g/mol. The van der Waals surface area contributed by atoms with E-state index in [2.05, 4.69) is 5.32 Å². The Balaban J connectivity index is 5.06. The Morgan fingerprint density at radius 3 is 2.00 bits per heavy atom. The summed E-state index contributed by atoms with van der Waals surface area (Å²) in [5, 5.41) is 12.3. The second-order valence-corrected chi connectivity index (χ2v) is 6.15. The first-order chi connectivity index (χ1) is 7.28. The van der Waals surface area contributed by atoms with E-state index in [0.29, 0.717) is 0 Å². The van der Waals surface area contributed by atoms with E-state index in [1.807, 2.05) is 0 Å². The highest BCUT2D eigenvalue weighted by Gasteiger charge is 2.41. The topological polar surface area (TPSA) is 84.9 Å². The van der Waals surface area contributed by atoms with E-state index in [1.165, 1.54) is 21.1 Å². The average Bonchev–Trinajstić information content (AvgIpc) is 2.23. The second kappa shape index (κ2) is 6.35. The predicted molar refractivity (Wildman–Crippen MR) is 60.1 cm³/mol. The van der Waals surface area contributed by atoms with Gasteiger partial charge in [-0.3, -0.25) is 9.36 Å². The molecule has 0 aromatic carbocycles. The summed E-state index contributed by atoms with van der Waals surface area (Å²) in [6, 6.07) is 0. The predicted octanol–water partition coefficient (Wildman–Crippen LogP) is 0.951. The van der Waals surface area contributed by atoms with E-state index < -0.39 is 25.4 Å². The molecule has 16 heavy (non-hydrogen) atoms. The third kappa shape index (κ3) is 3.87. The summed E-state index contributed by atoms with van der Waals surface area (Å²) in [6.45, 7) is 4.76. The molecule has 0 radical (unpaired) electrons. The minimum absolute atomic E-state index is 0.185. The molecule has 2 N–H and O–H groups in total. The number of hydrogen-bond donors (Lipinski definition) is 2. The lowest BCUT2D eigenvalue weighted by Gasteiger charge is -2.30. The first-order valence-electron chi connectivity index (χ1n) is 4.94. The largest absolute Gasteiger partial charge is 0.390 e. The third-order valence-corrected chi connectivity index (χ3v) is 4.34. The van der Waals surface area contributed by atoms with Gasteiger partial charge in [0, 0.05) is 21.1 Å². The van der Waals surface area contributed by atoms with Gasteiger partial charge in [0.05, 0.1) is 6.10 Å². The van der Waals surface area contributed by atoms with Crippen molar-refractivity contribution in [3.8, 4) is 0 Å². The van der Waals surface area contributed by atoms with Crippen molar-refractivity contribution in [1.29, 1.82) is 0 Å². The molecule has 0 aromatic rings. The van der Waals surface area contributed by atoms with Gasteiger partial charge in [-0.05, 0) is 5.92 Å². The van der Waals surface area contributed by atoms with Crippen molar-refractivity contribution in [2.75, 3.05) is 14.2 Å². The Labute approximate surface area is 95.9 Å². The van der Waals surface area contributed by atoms with Crippen LogP contribution >= 0.6 is 7.60 Å². The molecule has 7 heteroatoms. The van der Waals surface area contributed by atoms with Crippen LogP contribution < -0.4 is 5.32 Å². The van der Waals surface area contributed by atoms with Crippen molar-refractivity contribution in [3.05, 3.63) is 0 Å². The Morgan fingerprint density at radius 1 is 1.31 bits per heavy atom. The molecule has 0 aliphatic rings. The monoisotopic (exact) mass is 253 g/mol. The number of amides is 1. The minimum Gasteiger partial charge on any atom is -0.390 e. The molecule has 6 nitrogen and oxygen atoms in total. The average molecular weight is 253 g/mol. The lowest BCUT2D eigenvalue weighted by atomic mass is 10.1. The molecule has 0 aromatic heterocycles. The number of carbonyl (C=O) groups is 1. The van der Waals surface area contributed by atoms with Crippen molar-refractivity contribution in [3.63, 3.8) is 0 Å². The number of nitrogens with one attached hydrogen (secondary N) is 1. The molecule has 96 valence electrons. The lowest BCUT2D eigenvalue weighted by Crippen LogP contribution is -2.45. The van der Waals surface area contributed by atoms with E-state index in [9.17, 15) is 14.5 Å². The van der Waals surface area contributed by atoms with Gasteiger partial charge in [0.2, 0.25) is 5.91 Å². The zero-order valence-corrected chi connectivity index (χ0v) is 11.2. The summed E-state index contributed by atoms with van der Waals surface area (Å²) in [7, 11) is -1.11. The van der Waals surface area contributed by atoms with E-state index in [-0.39, 0.29) is 5.92 Å². The fourth-order valence-electron chi connectivity index (χ4n) is 1.23. The van der Waals surface area contributed by atoms with Crippen LogP contribution in [0.15, 0.2) is 0 Å². The van der Waals surface area contributed by atoms with Crippen molar-refractivity contribution in [2.24, 2.45) is 5.92 Å². The van der Waals surface area contributed by atoms with Gasteiger partial charge in [-0.15, -0.1) is 0 Å². The van der Waals surface area contributed by atoms with Crippen LogP contribution in [0.2, 0.25) is 0 Å². The highest BCUT2D eigenvalue weighted by molar-refractivity contribution is 7.54. The molecule has 0 rings (SSSR count). The number of aliphatic hydroxyl groups is 1. The molecule has 2 atom stereocenters. The summed E-state index contributed by atoms with van der Waals surface area (Å²) in [4.78, 5) is 11.0. The van der Waals surface area contributed by atoms with Gasteiger partial charge in [0.1, 0.15) is 0 Å². The number of aliphatic hydroxyl groups excluding tert-OH is 1. The van der Waals surface area contributed by atoms with E-state index >= 15 is 0 Å². The summed E-state index contributed by atoms with van der Waals surface area (Å²) in [5.41, 5.74) is 0. The minimum atomic E-state index is -3.54. The Morgan fingerprint density at radius 2 is 1.75 bits per heavy atom. The van der Waals surface area contributed by atoms with Crippen LogP contribution in [0.4, 0.5) is 0 Å². The van der Waals surface area contributed by atoms with Crippen LogP contribution in [0.1, 0.15) is 20.8 Å². The van der Waals surface area contributed by atoms with E-state index in [1.54, 1.807) is 13.8 Å². The molecule has 0 unspecified atom stereocenters. The smallest absolute Gasteiger partial charge is 0.354 e. The van der Waals surface area contributed by atoms with Gasteiger partial charge < -0.3 is 19.5 Å². The van der Waals surface area contributed by atoms with Crippen molar-refractivity contribution < 1.29 is 23.5 Å². The molecule has 0 saturated heterocycles. The molecule has 0 bridgehead atoms. The van der Waals surface area contributed by atoms with Crippen LogP contribution in [0.25, 0.3) is 0 Å². The first-order valence-corrected chi connectivity index (χ1v) is 6.56. The van der Waals surface area contributed by atoms with Crippen LogP contribution in [0.3, 0.4) is 0 Å². The molecule has 0 heterocycles. The molecule has 0 spiro atoms. The standard InChI is InChI=1S/C9H20NO5P/c1-6(2)8(12)9(10-7(3)11)16(13,14-4)15-5/h6,8-9,12H,1-5H3,(H,10,11)/t8-,9-/m1/s1. The Kier molecular flexibility index (Phi) is 6.18. The van der Waals surface area contributed by atoms with Crippen LogP contribution in [0, 0.1) is 5.92 Å². The SMILES string of the molecule is COP(=O)(OC)[C@@H](NC(C)=O)[C@H](O)C(C)C. The zero-order valence-electron chi connectivity index (χ0n) is 10.3. The summed E-state index contributed by atoms with van der Waals surface area (Å²) < 4.78 is 21.7. The van der Waals surface area contributed by atoms with Gasteiger partial charge in [0.25, 0.3) is 0 Å². The first kappa shape index (κ1) is 15.6. The quantitative estimate of drug-likeness (QED) is 0.688. The highest BCUT2D eigenvalue weighted by Crippen LogP contribution is 2.52. The lowest BCUT2D eigenvalue weighted by molar-refractivity contribution is -0.120. The molecule has 0 saturated carbocycles. The second-order valence-electron chi connectivity index (χ2n) is 3.78. The molecular formula is C9H20NO5P. The maximum atomic E-state index is 12.1. The molecule has 1 amide bonds. The van der Waals surface area contributed by atoms with E-state index in [4.69, 9.17) is 9.05 Å². The van der Waals surface area contributed by atoms with E-state index in [0.717, 1.165) is 0 Å². The van der Waals surface area contributed by atoms with Gasteiger partial charge in [-0.2, -0.15) is 0 Å². The van der Waals surface area contributed by atoms with Gasteiger partial charge >= 0.3 is 7.60 Å². The van der Waals surface area contributed by atoms with Crippen molar-refractivity contribution in [1.82, 2.24) is 5.32 Å². The number of rotatable bonds is 6. The normalized spacial score (nSPS) is 15.9. The van der Waals surface area contributed by atoms with Gasteiger partial charge in [-0.1, -0.05) is 13.8 Å². The molecule has 0 aliphatic carbocycles. The van der Waals surface area contributed by atoms with Crippen LogP contribution in [0.5, 0.6) is 0 Å². The summed E-state index contributed by atoms with van der Waals surface area (Å²) in [5.74, 6) is -1.64. The Hall–Kier alpha value is -0.420. The number of hydrogen-bond acceptors (Lipinski definition) is 5. The summed E-state index contributed by atoms with van der Waals surface area (Å²) >= 11 is 0. The summed E-state index contributed by atoms with van der Waals surface area (Å²) in [6.07, 6.45) is -1.00. The van der Waals surface area contributed by atoms with Gasteiger partial charge in [-0.25, -0.2) is 0 Å². The highest BCUT2D eigenvalue weighted by atomic mass is 31.2. The molecule has 0 fully saturated rings. The fourth-order valence-corrected chi connectivity index (χ4v) is 2.89. The number of carbonyl (C=O) groups excluding carboxylic acids is 1. The van der Waals surface area contributed by atoms with Crippen molar-refractivity contribution >= 4 is 13.5 Å². The third-order valence-electron chi connectivity index (χ3n) is 2.21. The maximum absolute atomic E-state index is 12.1. The maximum Gasteiger partial charge on any atom is 0.354 e.